The molecule has 6 nitrogen and oxygen atoms in total. The quantitative estimate of drug-likeness (QED) is 0.704. The predicted molar refractivity (Wildman–Crippen MR) is 120 cm³/mol. The lowest BCUT2D eigenvalue weighted by Gasteiger charge is -2.46. The molecule has 4 heterocycles. The van der Waals surface area contributed by atoms with E-state index in [9.17, 15) is 4.79 Å². The lowest BCUT2D eigenvalue weighted by atomic mass is 9.65. The first kappa shape index (κ1) is 19.9. The summed E-state index contributed by atoms with van der Waals surface area (Å²) in [6.07, 6.45) is 4.37. The minimum absolute atomic E-state index is 0.0836. The molecule has 0 aromatic heterocycles. The third-order valence-corrected chi connectivity index (χ3v) is 7.81. The molecular weight excluding hydrogens is 406 g/mol. The zero-order valence-electron chi connectivity index (χ0n) is 18.7. The maximum Gasteiger partial charge on any atom is 0.242 e. The molecule has 4 aliphatic heterocycles. The highest BCUT2D eigenvalue weighted by Crippen LogP contribution is 2.59. The average Bonchev–Trinajstić information content (AvgIpc) is 3.55. The van der Waals surface area contributed by atoms with Crippen molar-refractivity contribution in [2.45, 2.75) is 63.1 Å². The number of carbonyl (C=O) groups is 1. The Bertz CT molecular complexity index is 1070. The van der Waals surface area contributed by atoms with Crippen LogP contribution in [0.5, 0.6) is 17.2 Å². The Morgan fingerprint density at radius 2 is 1.81 bits per heavy atom. The SMILES string of the molecule is CCC1(CC)CC2(C(=O)N(CC3CCCO3)c3ccccc32)c2cc3c(cc2O1)OCO3. The van der Waals surface area contributed by atoms with Gasteiger partial charge in [0.1, 0.15) is 16.8 Å². The fourth-order valence-electron chi connectivity index (χ4n) is 5.96. The highest BCUT2D eigenvalue weighted by Gasteiger charge is 2.60. The van der Waals surface area contributed by atoms with Gasteiger partial charge in [0, 0.05) is 30.3 Å². The van der Waals surface area contributed by atoms with Crippen molar-refractivity contribution in [1.29, 1.82) is 0 Å². The van der Waals surface area contributed by atoms with Crippen LogP contribution in [0.25, 0.3) is 0 Å². The van der Waals surface area contributed by atoms with Crippen LogP contribution in [0.15, 0.2) is 36.4 Å². The van der Waals surface area contributed by atoms with E-state index in [0.29, 0.717) is 24.5 Å². The monoisotopic (exact) mass is 435 g/mol. The number of ether oxygens (including phenoxy) is 4. The molecule has 32 heavy (non-hydrogen) atoms. The van der Waals surface area contributed by atoms with Crippen LogP contribution in [-0.2, 0) is 14.9 Å². The van der Waals surface area contributed by atoms with Gasteiger partial charge in [-0.3, -0.25) is 4.79 Å². The summed E-state index contributed by atoms with van der Waals surface area (Å²) in [6, 6.07) is 12.1. The van der Waals surface area contributed by atoms with Crippen LogP contribution in [0.4, 0.5) is 5.69 Å². The molecule has 0 saturated carbocycles. The molecule has 6 rings (SSSR count). The summed E-state index contributed by atoms with van der Waals surface area (Å²) >= 11 is 0. The summed E-state index contributed by atoms with van der Waals surface area (Å²) in [7, 11) is 0. The molecule has 4 aliphatic rings. The second-order valence-electron chi connectivity index (χ2n) is 9.34. The van der Waals surface area contributed by atoms with Crippen molar-refractivity contribution in [3.8, 4) is 17.2 Å². The Balaban J connectivity index is 1.56. The Kier molecular flexibility index (Phi) is 4.44. The normalized spacial score (nSPS) is 26.9. The summed E-state index contributed by atoms with van der Waals surface area (Å²) in [5, 5.41) is 0. The van der Waals surface area contributed by atoms with Crippen molar-refractivity contribution in [2.24, 2.45) is 0 Å². The summed E-state index contributed by atoms with van der Waals surface area (Å²) in [6.45, 7) is 5.83. The van der Waals surface area contributed by atoms with Crippen LogP contribution < -0.4 is 19.1 Å². The molecular formula is C26H29NO5. The van der Waals surface area contributed by atoms with Crippen molar-refractivity contribution in [2.75, 3.05) is 24.8 Å². The van der Waals surface area contributed by atoms with Crippen LogP contribution in [0.2, 0.25) is 0 Å². The second kappa shape index (κ2) is 7.14. The fraction of sp³-hybridized carbons (Fsp3) is 0.500. The van der Waals surface area contributed by atoms with Crippen LogP contribution in [-0.4, -0.2) is 37.6 Å². The molecule has 2 atom stereocenters. The first-order chi connectivity index (χ1) is 15.6. The molecule has 6 heteroatoms. The molecule has 2 unspecified atom stereocenters. The number of rotatable bonds is 4. The zero-order chi connectivity index (χ0) is 21.9. The van der Waals surface area contributed by atoms with Gasteiger partial charge < -0.3 is 23.8 Å². The summed E-state index contributed by atoms with van der Waals surface area (Å²) in [5.74, 6) is 2.20. The van der Waals surface area contributed by atoms with Gasteiger partial charge in [0.2, 0.25) is 12.7 Å². The number of amides is 1. The van der Waals surface area contributed by atoms with E-state index >= 15 is 0 Å². The van der Waals surface area contributed by atoms with Crippen LogP contribution in [0.3, 0.4) is 0 Å². The Morgan fingerprint density at radius 1 is 1.03 bits per heavy atom. The van der Waals surface area contributed by atoms with E-state index in [1.165, 1.54) is 0 Å². The molecule has 0 aliphatic carbocycles. The minimum Gasteiger partial charge on any atom is -0.487 e. The fourth-order valence-corrected chi connectivity index (χ4v) is 5.96. The molecule has 2 aromatic rings. The van der Waals surface area contributed by atoms with E-state index < -0.39 is 11.0 Å². The Hall–Kier alpha value is -2.73. The van der Waals surface area contributed by atoms with E-state index in [2.05, 4.69) is 26.0 Å². The van der Waals surface area contributed by atoms with Gasteiger partial charge in [-0.25, -0.2) is 0 Å². The number of nitrogens with zero attached hydrogens (tertiary/aromatic N) is 1. The second-order valence-corrected chi connectivity index (χ2v) is 9.34. The maximum atomic E-state index is 14.5. The Morgan fingerprint density at radius 3 is 2.56 bits per heavy atom. The molecule has 0 N–H and O–H groups in total. The van der Waals surface area contributed by atoms with Crippen molar-refractivity contribution < 1.29 is 23.7 Å². The number of hydrogen-bond donors (Lipinski definition) is 0. The van der Waals surface area contributed by atoms with Gasteiger partial charge >= 0.3 is 0 Å². The van der Waals surface area contributed by atoms with Gasteiger partial charge in [-0.2, -0.15) is 0 Å². The smallest absolute Gasteiger partial charge is 0.242 e. The highest BCUT2D eigenvalue weighted by molar-refractivity contribution is 6.11. The largest absolute Gasteiger partial charge is 0.487 e. The topological polar surface area (TPSA) is 57.2 Å². The van der Waals surface area contributed by atoms with Crippen LogP contribution in [0, 0.1) is 0 Å². The molecule has 0 radical (unpaired) electrons. The maximum absolute atomic E-state index is 14.5. The van der Waals surface area contributed by atoms with Crippen molar-refractivity contribution >= 4 is 11.6 Å². The van der Waals surface area contributed by atoms with Crippen molar-refractivity contribution in [3.05, 3.63) is 47.5 Å². The molecule has 1 spiro atoms. The zero-order valence-corrected chi connectivity index (χ0v) is 18.7. The minimum atomic E-state index is -0.810. The Labute approximate surface area is 188 Å². The van der Waals surface area contributed by atoms with Gasteiger partial charge in [-0.15, -0.1) is 0 Å². The third kappa shape index (κ3) is 2.65. The molecule has 1 fully saturated rings. The van der Waals surface area contributed by atoms with Gasteiger partial charge in [-0.1, -0.05) is 32.0 Å². The third-order valence-electron chi connectivity index (χ3n) is 7.81. The van der Waals surface area contributed by atoms with Crippen molar-refractivity contribution in [1.82, 2.24) is 0 Å². The van der Waals surface area contributed by atoms with Crippen molar-refractivity contribution in [3.63, 3.8) is 0 Å². The molecule has 0 bridgehead atoms. The first-order valence-corrected chi connectivity index (χ1v) is 11.8. The number of hydrogen-bond acceptors (Lipinski definition) is 5. The number of anilines is 1. The number of benzene rings is 2. The lowest BCUT2D eigenvalue weighted by Crippen LogP contribution is -2.53. The van der Waals surface area contributed by atoms with E-state index in [0.717, 1.165) is 54.9 Å². The van der Waals surface area contributed by atoms with Gasteiger partial charge in [0.15, 0.2) is 11.5 Å². The average molecular weight is 436 g/mol. The summed E-state index contributed by atoms with van der Waals surface area (Å²) in [5.41, 5.74) is 1.68. The molecule has 168 valence electrons. The molecule has 1 saturated heterocycles. The van der Waals surface area contributed by atoms with E-state index in [1.54, 1.807) is 0 Å². The van der Waals surface area contributed by atoms with Crippen LogP contribution >= 0.6 is 0 Å². The van der Waals surface area contributed by atoms with E-state index in [-0.39, 0.29) is 18.8 Å². The van der Waals surface area contributed by atoms with E-state index in [1.807, 2.05) is 29.2 Å². The predicted octanol–water partition coefficient (Wildman–Crippen LogP) is 4.57. The van der Waals surface area contributed by atoms with Crippen LogP contribution in [0.1, 0.15) is 57.1 Å². The number of fused-ring (bicyclic) bond motifs is 5. The number of para-hydroxylation sites is 1. The molecule has 1 amide bonds. The highest BCUT2D eigenvalue weighted by atomic mass is 16.7. The summed E-state index contributed by atoms with van der Waals surface area (Å²) in [4.78, 5) is 16.4. The van der Waals surface area contributed by atoms with Gasteiger partial charge in [0.05, 0.1) is 12.6 Å². The van der Waals surface area contributed by atoms with E-state index in [4.69, 9.17) is 18.9 Å². The lowest BCUT2D eigenvalue weighted by molar-refractivity contribution is -0.125. The standard InChI is InChI=1S/C26H29NO5/c1-3-25(4-2)15-26(19-12-22-23(31-16-30-22)13-21(19)32-25)18-9-5-6-10-20(18)27(24(26)28)14-17-8-7-11-29-17/h5-6,9-10,12-13,17H,3-4,7-8,11,14-16H2,1-2H3. The van der Waals surface area contributed by atoms with Gasteiger partial charge in [-0.05, 0) is 43.4 Å². The van der Waals surface area contributed by atoms with Gasteiger partial charge in [0.25, 0.3) is 0 Å². The summed E-state index contributed by atoms with van der Waals surface area (Å²) < 4.78 is 23.9. The first-order valence-electron chi connectivity index (χ1n) is 11.8. The molecule has 2 aromatic carbocycles. The number of carbonyl (C=O) groups excluding carboxylic acids is 1.